The highest BCUT2D eigenvalue weighted by Gasteiger charge is 2.20. The van der Waals surface area contributed by atoms with E-state index in [0.717, 1.165) is 22.3 Å². The second kappa shape index (κ2) is 5.69. The van der Waals surface area contributed by atoms with Crippen LogP contribution in [0.15, 0.2) is 22.7 Å². The molecule has 5 nitrogen and oxygen atoms in total. The van der Waals surface area contributed by atoms with E-state index >= 15 is 0 Å². The van der Waals surface area contributed by atoms with E-state index in [9.17, 15) is 0 Å². The standard InChI is InChI=1S/C13H18BrN5/c1-4-8(2)9(3)19-13(16-17-18-19)11-7-10(15)5-6-12(11)14/h5-9H,4,15H2,1-3H3. The molecule has 2 N–H and O–H groups in total. The van der Waals surface area contributed by atoms with Crippen molar-refractivity contribution in [2.24, 2.45) is 5.92 Å². The summed E-state index contributed by atoms with van der Waals surface area (Å²) in [5, 5.41) is 12.1. The minimum absolute atomic E-state index is 0.239. The molecular formula is C13H18BrN5. The van der Waals surface area contributed by atoms with Crippen LogP contribution in [-0.4, -0.2) is 20.2 Å². The Bertz CT molecular complexity index is 566. The number of nitrogen functional groups attached to an aromatic ring is 1. The van der Waals surface area contributed by atoms with Gasteiger partial charge in [-0.2, -0.15) is 0 Å². The van der Waals surface area contributed by atoms with Gasteiger partial charge in [-0.3, -0.25) is 0 Å². The molecule has 0 fully saturated rings. The Morgan fingerprint density at radius 3 is 2.79 bits per heavy atom. The van der Waals surface area contributed by atoms with Crippen LogP contribution in [0.4, 0.5) is 5.69 Å². The average Bonchev–Trinajstić information content (AvgIpc) is 2.88. The first-order chi connectivity index (χ1) is 9.04. The normalized spacial score (nSPS) is 14.3. The number of tetrazole rings is 1. The number of hydrogen-bond acceptors (Lipinski definition) is 4. The van der Waals surface area contributed by atoms with Gasteiger partial charge < -0.3 is 5.73 Å². The first-order valence-electron chi connectivity index (χ1n) is 6.37. The molecule has 102 valence electrons. The SMILES string of the molecule is CCC(C)C(C)n1nnnc1-c1cc(N)ccc1Br. The van der Waals surface area contributed by atoms with Gasteiger partial charge >= 0.3 is 0 Å². The Kier molecular flexibility index (Phi) is 4.19. The van der Waals surface area contributed by atoms with Gasteiger partial charge in [0.25, 0.3) is 0 Å². The van der Waals surface area contributed by atoms with Crippen molar-refractivity contribution in [1.82, 2.24) is 20.2 Å². The Hall–Kier alpha value is -1.43. The molecule has 6 heteroatoms. The van der Waals surface area contributed by atoms with Gasteiger partial charge in [-0.05, 0) is 41.5 Å². The van der Waals surface area contributed by atoms with Gasteiger partial charge in [0.15, 0.2) is 5.82 Å². The molecule has 0 radical (unpaired) electrons. The average molecular weight is 324 g/mol. The summed E-state index contributed by atoms with van der Waals surface area (Å²) in [5.74, 6) is 1.24. The Labute approximate surface area is 121 Å². The zero-order valence-corrected chi connectivity index (χ0v) is 12.9. The van der Waals surface area contributed by atoms with Gasteiger partial charge in [0.05, 0.1) is 6.04 Å². The van der Waals surface area contributed by atoms with Gasteiger partial charge in [-0.15, -0.1) is 5.10 Å². The lowest BCUT2D eigenvalue weighted by Gasteiger charge is -2.19. The Morgan fingerprint density at radius 1 is 1.37 bits per heavy atom. The molecule has 1 heterocycles. The molecule has 1 aromatic heterocycles. The molecule has 2 aromatic rings. The molecule has 2 atom stereocenters. The number of nitrogens with two attached hydrogens (primary N) is 1. The molecule has 0 saturated heterocycles. The van der Waals surface area contributed by atoms with Crippen LogP contribution in [0, 0.1) is 5.92 Å². The number of aromatic nitrogens is 4. The number of halogens is 1. The molecule has 0 amide bonds. The minimum atomic E-state index is 0.239. The van der Waals surface area contributed by atoms with E-state index in [4.69, 9.17) is 5.73 Å². The van der Waals surface area contributed by atoms with Crippen LogP contribution < -0.4 is 5.73 Å². The van der Waals surface area contributed by atoms with E-state index in [1.54, 1.807) is 0 Å². The minimum Gasteiger partial charge on any atom is -0.399 e. The molecule has 2 rings (SSSR count). The number of anilines is 1. The fourth-order valence-electron chi connectivity index (χ4n) is 1.94. The monoisotopic (exact) mass is 323 g/mol. The Balaban J connectivity index is 2.47. The predicted octanol–water partition coefficient (Wildman–Crippen LogP) is 3.29. The van der Waals surface area contributed by atoms with Crippen LogP contribution >= 0.6 is 15.9 Å². The summed E-state index contributed by atoms with van der Waals surface area (Å²) < 4.78 is 2.81. The molecule has 1 aromatic carbocycles. The third-order valence-electron chi connectivity index (χ3n) is 3.58. The van der Waals surface area contributed by atoms with Crippen molar-refractivity contribution >= 4 is 21.6 Å². The van der Waals surface area contributed by atoms with Crippen molar-refractivity contribution in [3.8, 4) is 11.4 Å². The summed E-state index contributed by atoms with van der Waals surface area (Å²) in [4.78, 5) is 0. The van der Waals surface area contributed by atoms with Crippen LogP contribution in [0.25, 0.3) is 11.4 Å². The van der Waals surface area contributed by atoms with E-state index in [-0.39, 0.29) is 6.04 Å². The second-order valence-electron chi connectivity index (χ2n) is 4.81. The summed E-state index contributed by atoms with van der Waals surface area (Å²) in [6.45, 7) is 6.50. The van der Waals surface area contributed by atoms with E-state index in [0.29, 0.717) is 11.6 Å². The van der Waals surface area contributed by atoms with Crippen molar-refractivity contribution in [2.45, 2.75) is 33.2 Å². The second-order valence-corrected chi connectivity index (χ2v) is 5.67. The molecule has 0 saturated carbocycles. The van der Waals surface area contributed by atoms with E-state index in [1.165, 1.54) is 0 Å². The highest BCUT2D eigenvalue weighted by Crippen LogP contribution is 2.31. The number of nitrogens with zero attached hydrogens (tertiary/aromatic N) is 4. The molecule has 0 bridgehead atoms. The fraction of sp³-hybridized carbons (Fsp3) is 0.462. The summed E-state index contributed by atoms with van der Waals surface area (Å²) in [6.07, 6.45) is 1.08. The van der Waals surface area contributed by atoms with Gasteiger partial charge in [0.2, 0.25) is 0 Å². The smallest absolute Gasteiger partial charge is 0.183 e. The summed E-state index contributed by atoms with van der Waals surface area (Å²) >= 11 is 3.52. The lowest BCUT2D eigenvalue weighted by Crippen LogP contribution is -2.16. The summed E-state index contributed by atoms with van der Waals surface area (Å²) in [5.41, 5.74) is 7.46. The van der Waals surface area contributed by atoms with E-state index < -0.39 is 0 Å². The van der Waals surface area contributed by atoms with Crippen LogP contribution in [-0.2, 0) is 0 Å². The molecular weight excluding hydrogens is 306 g/mol. The number of rotatable bonds is 4. The van der Waals surface area contributed by atoms with Crippen molar-refractivity contribution in [3.63, 3.8) is 0 Å². The quantitative estimate of drug-likeness (QED) is 0.876. The number of hydrogen-bond donors (Lipinski definition) is 1. The van der Waals surface area contributed by atoms with Crippen LogP contribution in [0.1, 0.15) is 33.2 Å². The van der Waals surface area contributed by atoms with Crippen LogP contribution in [0.5, 0.6) is 0 Å². The maximum absolute atomic E-state index is 5.85. The lowest BCUT2D eigenvalue weighted by molar-refractivity contribution is 0.340. The van der Waals surface area contributed by atoms with Crippen molar-refractivity contribution in [2.75, 3.05) is 5.73 Å². The topological polar surface area (TPSA) is 69.6 Å². The molecule has 2 unspecified atom stereocenters. The van der Waals surface area contributed by atoms with Crippen molar-refractivity contribution in [3.05, 3.63) is 22.7 Å². The largest absolute Gasteiger partial charge is 0.399 e. The highest BCUT2D eigenvalue weighted by molar-refractivity contribution is 9.10. The third-order valence-corrected chi connectivity index (χ3v) is 4.27. The molecule has 0 aliphatic heterocycles. The molecule has 0 aliphatic carbocycles. The third kappa shape index (κ3) is 2.78. The molecule has 19 heavy (non-hydrogen) atoms. The number of benzene rings is 1. The van der Waals surface area contributed by atoms with Gasteiger partial charge in [-0.25, -0.2) is 4.68 Å². The predicted molar refractivity (Wildman–Crippen MR) is 79.5 cm³/mol. The first-order valence-corrected chi connectivity index (χ1v) is 7.17. The van der Waals surface area contributed by atoms with Gasteiger partial charge in [-0.1, -0.05) is 36.2 Å². The fourth-order valence-corrected chi connectivity index (χ4v) is 2.37. The maximum Gasteiger partial charge on any atom is 0.183 e. The van der Waals surface area contributed by atoms with Crippen LogP contribution in [0.3, 0.4) is 0 Å². The first kappa shape index (κ1) is 14.0. The van der Waals surface area contributed by atoms with Gasteiger partial charge in [0, 0.05) is 15.7 Å². The zero-order chi connectivity index (χ0) is 14.0. The van der Waals surface area contributed by atoms with Crippen molar-refractivity contribution in [1.29, 1.82) is 0 Å². The highest BCUT2D eigenvalue weighted by atomic mass is 79.9. The lowest BCUT2D eigenvalue weighted by atomic mass is 10.0. The maximum atomic E-state index is 5.85. The van der Waals surface area contributed by atoms with Crippen LogP contribution in [0.2, 0.25) is 0 Å². The van der Waals surface area contributed by atoms with E-state index in [2.05, 4.69) is 52.2 Å². The Morgan fingerprint density at radius 2 is 2.11 bits per heavy atom. The van der Waals surface area contributed by atoms with E-state index in [1.807, 2.05) is 22.9 Å². The summed E-state index contributed by atoms with van der Waals surface area (Å²) in [7, 11) is 0. The van der Waals surface area contributed by atoms with Crippen molar-refractivity contribution < 1.29 is 0 Å². The summed E-state index contributed by atoms with van der Waals surface area (Å²) in [6, 6.07) is 5.89. The zero-order valence-electron chi connectivity index (χ0n) is 11.3. The molecule has 0 spiro atoms. The molecule has 0 aliphatic rings. The van der Waals surface area contributed by atoms with Gasteiger partial charge in [0.1, 0.15) is 0 Å².